The molecule has 0 saturated carbocycles. The number of Topliss-reactive ketones (excluding diaryl/α,β-unsaturated/α-hetero) is 1. The zero-order valence-electron chi connectivity index (χ0n) is 16.4. The van der Waals surface area contributed by atoms with E-state index in [1.165, 1.54) is 0 Å². The number of nitrogens with two attached hydrogens (primary N) is 1. The molecule has 0 radical (unpaired) electrons. The number of hydrogen-bond donors (Lipinski definition) is 1. The zero-order chi connectivity index (χ0) is 20.8. The number of benzene rings is 2. The summed E-state index contributed by atoms with van der Waals surface area (Å²) in [6, 6.07) is 19.8. The number of nitriles is 1. The Bertz CT molecular complexity index is 1080. The highest BCUT2D eigenvalue weighted by atomic mass is 79.9. The smallest absolute Gasteiger partial charge is 0.162 e. The molecule has 0 spiro atoms. The number of ketones is 1. The van der Waals surface area contributed by atoms with Crippen molar-refractivity contribution in [3.8, 4) is 6.07 Å². The molecule has 2 aromatic rings. The second kappa shape index (κ2) is 7.20. The molecule has 0 bridgehead atoms. The van der Waals surface area contributed by atoms with Crippen molar-refractivity contribution in [1.82, 2.24) is 0 Å². The highest BCUT2D eigenvalue weighted by Gasteiger charge is 2.44. The molecule has 0 amide bonds. The van der Waals surface area contributed by atoms with Crippen LogP contribution in [-0.4, -0.2) is 5.78 Å². The number of hydrogen-bond acceptors (Lipinski definition) is 4. The monoisotopic (exact) mass is 447 g/mol. The fourth-order valence-corrected chi connectivity index (χ4v) is 4.64. The van der Waals surface area contributed by atoms with Crippen LogP contribution in [0.25, 0.3) is 0 Å². The van der Waals surface area contributed by atoms with E-state index in [1.807, 2.05) is 59.5 Å². The minimum absolute atomic E-state index is 0.0902. The van der Waals surface area contributed by atoms with Gasteiger partial charge in [0.25, 0.3) is 0 Å². The van der Waals surface area contributed by atoms with Gasteiger partial charge in [0.05, 0.1) is 17.6 Å². The SMILES string of the molecule is CC1(C)CC(=O)C2=C(C1)N(c1ccc(Br)cc1)C(N)=C(C#N)C2c1ccccc1. The Kier molecular flexibility index (Phi) is 4.84. The first-order valence-corrected chi connectivity index (χ1v) is 10.4. The number of carbonyl (C=O) groups is 1. The molecule has 4 rings (SSSR count). The van der Waals surface area contributed by atoms with Crippen molar-refractivity contribution < 1.29 is 4.79 Å². The Labute approximate surface area is 179 Å². The van der Waals surface area contributed by atoms with Crippen molar-refractivity contribution in [2.24, 2.45) is 11.1 Å². The van der Waals surface area contributed by atoms with Crippen LogP contribution in [0.3, 0.4) is 0 Å². The second-order valence-electron chi connectivity index (χ2n) is 8.37. The van der Waals surface area contributed by atoms with Crippen LogP contribution in [0.5, 0.6) is 0 Å². The summed E-state index contributed by atoms with van der Waals surface area (Å²) in [6.45, 7) is 4.21. The van der Waals surface area contributed by atoms with Crippen molar-refractivity contribution in [2.45, 2.75) is 32.6 Å². The lowest BCUT2D eigenvalue weighted by Gasteiger charge is -2.43. The summed E-state index contributed by atoms with van der Waals surface area (Å²) in [5.41, 5.74) is 10.2. The lowest BCUT2D eigenvalue weighted by molar-refractivity contribution is -0.118. The summed E-state index contributed by atoms with van der Waals surface area (Å²) in [7, 11) is 0. The maximum absolute atomic E-state index is 13.4. The molecular weight excluding hydrogens is 426 g/mol. The van der Waals surface area contributed by atoms with Gasteiger partial charge >= 0.3 is 0 Å². The van der Waals surface area contributed by atoms with Crippen LogP contribution in [-0.2, 0) is 4.79 Å². The third-order valence-electron chi connectivity index (χ3n) is 5.60. The van der Waals surface area contributed by atoms with E-state index in [9.17, 15) is 10.1 Å². The molecule has 2 aliphatic rings. The van der Waals surface area contributed by atoms with Gasteiger partial charge in [0.2, 0.25) is 0 Å². The van der Waals surface area contributed by atoms with Crippen LogP contribution in [0.2, 0.25) is 0 Å². The van der Waals surface area contributed by atoms with Gasteiger partial charge < -0.3 is 5.73 Å². The molecule has 0 saturated heterocycles. The summed E-state index contributed by atoms with van der Waals surface area (Å²) < 4.78 is 0.956. The molecule has 5 heteroatoms. The summed E-state index contributed by atoms with van der Waals surface area (Å²) in [5, 5.41) is 10.0. The fourth-order valence-electron chi connectivity index (χ4n) is 4.37. The first-order chi connectivity index (χ1) is 13.8. The molecule has 1 atom stereocenters. The van der Waals surface area contributed by atoms with E-state index < -0.39 is 5.92 Å². The van der Waals surface area contributed by atoms with Crippen LogP contribution in [0.15, 0.2) is 81.7 Å². The Morgan fingerprint density at radius 2 is 1.76 bits per heavy atom. The largest absolute Gasteiger partial charge is 0.384 e. The van der Waals surface area contributed by atoms with Crippen LogP contribution in [0, 0.1) is 16.7 Å². The summed E-state index contributed by atoms with van der Waals surface area (Å²) in [5.74, 6) is 0.0619. The molecule has 0 aromatic heterocycles. The van der Waals surface area contributed by atoms with Gasteiger partial charge in [0.1, 0.15) is 5.82 Å². The zero-order valence-corrected chi connectivity index (χ0v) is 18.0. The second-order valence-corrected chi connectivity index (χ2v) is 9.28. The van der Waals surface area contributed by atoms with Crippen molar-refractivity contribution in [1.29, 1.82) is 5.26 Å². The topological polar surface area (TPSA) is 70.1 Å². The van der Waals surface area contributed by atoms with Gasteiger partial charge in [0.15, 0.2) is 5.78 Å². The summed E-state index contributed by atoms with van der Waals surface area (Å²) in [4.78, 5) is 15.3. The molecule has 1 aliphatic carbocycles. The van der Waals surface area contributed by atoms with E-state index in [-0.39, 0.29) is 11.2 Å². The van der Waals surface area contributed by atoms with Crippen LogP contribution in [0.4, 0.5) is 5.69 Å². The number of anilines is 1. The quantitative estimate of drug-likeness (QED) is 0.669. The third kappa shape index (κ3) is 3.38. The van der Waals surface area contributed by atoms with Crippen molar-refractivity contribution in [2.75, 3.05) is 4.90 Å². The number of nitrogens with zero attached hydrogens (tertiary/aromatic N) is 2. The van der Waals surface area contributed by atoms with Crippen LogP contribution in [0.1, 0.15) is 38.2 Å². The average Bonchev–Trinajstić information content (AvgIpc) is 2.68. The van der Waals surface area contributed by atoms with Crippen molar-refractivity contribution in [3.63, 3.8) is 0 Å². The van der Waals surface area contributed by atoms with E-state index in [0.717, 1.165) is 21.4 Å². The normalized spacial score (nSPS) is 21.1. The third-order valence-corrected chi connectivity index (χ3v) is 6.13. The number of carbonyl (C=O) groups excluding carboxylic acids is 1. The molecule has 1 unspecified atom stereocenters. The van der Waals surface area contributed by atoms with Gasteiger partial charge in [-0.25, -0.2) is 0 Å². The number of rotatable bonds is 2. The highest BCUT2D eigenvalue weighted by Crippen LogP contribution is 2.50. The molecule has 29 heavy (non-hydrogen) atoms. The van der Waals surface area contributed by atoms with E-state index in [2.05, 4.69) is 35.8 Å². The van der Waals surface area contributed by atoms with Gasteiger partial charge in [-0.15, -0.1) is 0 Å². The van der Waals surface area contributed by atoms with Crippen molar-refractivity contribution >= 4 is 27.4 Å². The molecule has 2 N–H and O–H groups in total. The summed E-state index contributed by atoms with van der Waals surface area (Å²) in [6.07, 6.45) is 1.18. The minimum atomic E-state index is -0.425. The Morgan fingerprint density at radius 3 is 2.38 bits per heavy atom. The van der Waals surface area contributed by atoms with E-state index in [4.69, 9.17) is 5.73 Å². The summed E-state index contributed by atoms with van der Waals surface area (Å²) >= 11 is 3.47. The molecule has 1 heterocycles. The standard InChI is InChI=1S/C24H22BrN3O/c1-24(2)12-19-22(20(29)13-24)21(15-6-4-3-5-7-15)18(14-26)23(27)28(19)17-10-8-16(25)9-11-17/h3-11,21H,12-13,27H2,1-2H3. The van der Waals surface area contributed by atoms with Crippen molar-refractivity contribution in [3.05, 3.63) is 87.3 Å². The Morgan fingerprint density at radius 1 is 1.10 bits per heavy atom. The van der Waals surface area contributed by atoms with E-state index in [1.54, 1.807) is 0 Å². The highest BCUT2D eigenvalue weighted by molar-refractivity contribution is 9.10. The first kappa shape index (κ1) is 19.5. The molecule has 0 fully saturated rings. The van der Waals surface area contributed by atoms with Crippen LogP contribution >= 0.6 is 15.9 Å². The predicted octanol–water partition coefficient (Wildman–Crippen LogP) is 5.39. The lowest BCUT2D eigenvalue weighted by atomic mass is 9.68. The number of halogens is 1. The predicted molar refractivity (Wildman–Crippen MR) is 118 cm³/mol. The fraction of sp³-hybridized carbons (Fsp3) is 0.250. The molecule has 4 nitrogen and oxygen atoms in total. The molecule has 146 valence electrons. The van der Waals surface area contributed by atoms with Crippen LogP contribution < -0.4 is 10.6 Å². The van der Waals surface area contributed by atoms with Gasteiger partial charge in [-0.2, -0.15) is 5.26 Å². The number of allylic oxidation sites excluding steroid dienone is 3. The van der Waals surface area contributed by atoms with Gasteiger partial charge in [-0.05, 0) is 41.7 Å². The Balaban J connectivity index is 1.99. The van der Waals surface area contributed by atoms with Gasteiger partial charge in [-0.1, -0.05) is 60.1 Å². The lowest BCUT2D eigenvalue weighted by Crippen LogP contribution is -2.42. The van der Waals surface area contributed by atoms with E-state index >= 15 is 0 Å². The molecule has 2 aromatic carbocycles. The molecular formula is C24H22BrN3O. The maximum atomic E-state index is 13.4. The molecule has 1 aliphatic heterocycles. The maximum Gasteiger partial charge on any atom is 0.162 e. The van der Waals surface area contributed by atoms with E-state index in [0.29, 0.717) is 29.8 Å². The first-order valence-electron chi connectivity index (χ1n) is 9.59. The van der Waals surface area contributed by atoms with Gasteiger partial charge in [-0.3, -0.25) is 9.69 Å². The minimum Gasteiger partial charge on any atom is -0.384 e. The Hall–Kier alpha value is -2.84. The van der Waals surface area contributed by atoms with Gasteiger partial charge in [0, 0.05) is 27.9 Å². The average molecular weight is 448 g/mol.